The van der Waals surface area contributed by atoms with Gasteiger partial charge in [-0.05, 0) is 36.6 Å². The van der Waals surface area contributed by atoms with Gasteiger partial charge in [0.05, 0.1) is 6.61 Å². The van der Waals surface area contributed by atoms with Crippen molar-refractivity contribution < 1.29 is 14.3 Å². The maximum absolute atomic E-state index is 12.6. The van der Waals surface area contributed by atoms with Crippen molar-refractivity contribution in [2.45, 2.75) is 19.4 Å². The summed E-state index contributed by atoms with van der Waals surface area (Å²) in [5.41, 5.74) is 2.33. The smallest absolute Gasteiger partial charge is 0.333 e. The van der Waals surface area contributed by atoms with Gasteiger partial charge in [-0.15, -0.1) is 0 Å². The summed E-state index contributed by atoms with van der Waals surface area (Å²) in [6.07, 6.45) is 4.12. The topological polar surface area (TPSA) is 59.5 Å². The Morgan fingerprint density at radius 2 is 2.09 bits per heavy atom. The number of aromatic nitrogens is 1. The number of esters is 1. The summed E-state index contributed by atoms with van der Waals surface area (Å²) in [7, 11) is 0. The van der Waals surface area contributed by atoms with Gasteiger partial charge in [0.15, 0.2) is 6.04 Å². The molecule has 0 spiro atoms. The predicted molar refractivity (Wildman–Crippen MR) is 84.8 cm³/mol. The zero-order valence-electron chi connectivity index (χ0n) is 12.9. The van der Waals surface area contributed by atoms with E-state index in [1.807, 2.05) is 30.3 Å². The van der Waals surface area contributed by atoms with E-state index in [4.69, 9.17) is 4.74 Å². The normalized spacial score (nSPS) is 16.3. The van der Waals surface area contributed by atoms with Gasteiger partial charge in [-0.2, -0.15) is 0 Å². The van der Waals surface area contributed by atoms with Crippen LogP contribution in [0.2, 0.25) is 0 Å². The SMILES string of the molecule is CCOC(=O)C1c2ccccc2C(=O)N1CCc1cccnc1. The number of nitrogens with zero attached hydrogens (tertiary/aromatic N) is 2. The highest BCUT2D eigenvalue weighted by Crippen LogP contribution is 2.34. The Balaban J connectivity index is 1.85. The fourth-order valence-corrected chi connectivity index (χ4v) is 2.87. The molecule has 0 saturated carbocycles. The third-order valence-corrected chi connectivity index (χ3v) is 3.93. The number of hydrogen-bond donors (Lipinski definition) is 0. The lowest BCUT2D eigenvalue weighted by Crippen LogP contribution is -2.35. The van der Waals surface area contributed by atoms with Crippen molar-refractivity contribution in [2.75, 3.05) is 13.2 Å². The third-order valence-electron chi connectivity index (χ3n) is 3.93. The molecule has 1 aliphatic heterocycles. The minimum atomic E-state index is -0.657. The zero-order chi connectivity index (χ0) is 16.2. The van der Waals surface area contributed by atoms with Crippen LogP contribution in [0.15, 0.2) is 48.8 Å². The molecular formula is C18H18N2O3. The van der Waals surface area contributed by atoms with Gasteiger partial charge < -0.3 is 9.64 Å². The number of ether oxygens (including phenoxy) is 1. The summed E-state index contributed by atoms with van der Waals surface area (Å²) in [6, 6.07) is 10.4. The van der Waals surface area contributed by atoms with Gasteiger partial charge in [0.2, 0.25) is 0 Å². The van der Waals surface area contributed by atoms with Gasteiger partial charge in [-0.25, -0.2) is 4.79 Å². The largest absolute Gasteiger partial charge is 0.464 e. The minimum absolute atomic E-state index is 0.123. The molecular weight excluding hydrogens is 292 g/mol. The quantitative estimate of drug-likeness (QED) is 0.796. The second-order valence-corrected chi connectivity index (χ2v) is 5.35. The molecule has 1 unspecified atom stereocenters. The number of pyridine rings is 1. The monoisotopic (exact) mass is 310 g/mol. The molecule has 0 bridgehead atoms. The van der Waals surface area contributed by atoms with E-state index in [-0.39, 0.29) is 11.9 Å². The molecule has 118 valence electrons. The van der Waals surface area contributed by atoms with E-state index in [1.165, 1.54) is 0 Å². The van der Waals surface area contributed by atoms with Crippen molar-refractivity contribution in [3.63, 3.8) is 0 Å². The van der Waals surface area contributed by atoms with Crippen LogP contribution in [-0.4, -0.2) is 34.9 Å². The minimum Gasteiger partial charge on any atom is -0.464 e. The molecule has 1 aromatic heterocycles. The molecule has 0 N–H and O–H groups in total. The van der Waals surface area contributed by atoms with Gasteiger partial charge in [0.1, 0.15) is 0 Å². The maximum atomic E-state index is 12.6. The molecule has 3 rings (SSSR count). The zero-order valence-corrected chi connectivity index (χ0v) is 12.9. The van der Waals surface area contributed by atoms with Gasteiger partial charge >= 0.3 is 5.97 Å². The predicted octanol–water partition coefficient (Wildman–Crippen LogP) is 2.38. The highest BCUT2D eigenvalue weighted by atomic mass is 16.5. The first-order chi connectivity index (χ1) is 11.2. The highest BCUT2D eigenvalue weighted by molar-refractivity contribution is 6.03. The van der Waals surface area contributed by atoms with Crippen LogP contribution in [0.4, 0.5) is 0 Å². The summed E-state index contributed by atoms with van der Waals surface area (Å²) in [5, 5.41) is 0. The first kappa shape index (κ1) is 15.2. The van der Waals surface area contributed by atoms with Crippen LogP contribution in [0.1, 0.15) is 34.5 Å². The van der Waals surface area contributed by atoms with E-state index in [1.54, 1.807) is 30.3 Å². The molecule has 0 aliphatic carbocycles. The van der Waals surface area contributed by atoms with E-state index < -0.39 is 6.04 Å². The maximum Gasteiger partial charge on any atom is 0.333 e. The molecule has 1 amide bonds. The molecule has 1 aromatic carbocycles. The number of amides is 1. The van der Waals surface area contributed by atoms with Crippen LogP contribution in [0.25, 0.3) is 0 Å². The van der Waals surface area contributed by atoms with Gasteiger partial charge in [-0.3, -0.25) is 9.78 Å². The number of carbonyl (C=O) groups is 2. The first-order valence-corrected chi connectivity index (χ1v) is 7.67. The Morgan fingerprint density at radius 3 is 2.83 bits per heavy atom. The summed E-state index contributed by atoms with van der Waals surface area (Å²) in [6.45, 7) is 2.51. The molecule has 2 heterocycles. The van der Waals surface area contributed by atoms with E-state index in [0.29, 0.717) is 25.1 Å². The number of fused-ring (bicyclic) bond motifs is 1. The van der Waals surface area contributed by atoms with Crippen molar-refractivity contribution in [1.29, 1.82) is 0 Å². The van der Waals surface area contributed by atoms with E-state index in [2.05, 4.69) is 4.98 Å². The van der Waals surface area contributed by atoms with Crippen molar-refractivity contribution in [2.24, 2.45) is 0 Å². The van der Waals surface area contributed by atoms with E-state index in [9.17, 15) is 9.59 Å². The molecule has 0 fully saturated rings. The van der Waals surface area contributed by atoms with Crippen LogP contribution in [0, 0.1) is 0 Å². The Labute approximate surface area is 134 Å². The Bertz CT molecular complexity index is 715. The first-order valence-electron chi connectivity index (χ1n) is 7.67. The molecule has 0 saturated heterocycles. The number of rotatable bonds is 5. The summed E-state index contributed by atoms with van der Waals surface area (Å²) < 4.78 is 5.17. The molecule has 5 nitrogen and oxygen atoms in total. The third kappa shape index (κ3) is 2.95. The van der Waals surface area contributed by atoms with Crippen LogP contribution in [0.3, 0.4) is 0 Å². The van der Waals surface area contributed by atoms with E-state index >= 15 is 0 Å². The second kappa shape index (κ2) is 6.60. The van der Waals surface area contributed by atoms with Crippen molar-refractivity contribution in [3.8, 4) is 0 Å². The average Bonchev–Trinajstić information content (AvgIpc) is 2.87. The lowest BCUT2D eigenvalue weighted by atomic mass is 10.0. The standard InChI is InChI=1S/C18H18N2O3/c1-2-23-18(22)16-14-7-3-4-8-15(14)17(21)20(16)11-9-13-6-5-10-19-12-13/h3-8,10,12,16H,2,9,11H2,1H3. The fraction of sp³-hybridized carbons (Fsp3) is 0.278. The number of benzene rings is 1. The van der Waals surface area contributed by atoms with Gasteiger partial charge in [0.25, 0.3) is 5.91 Å². The molecule has 1 aliphatic rings. The van der Waals surface area contributed by atoms with Crippen molar-refractivity contribution in [3.05, 3.63) is 65.5 Å². The summed E-state index contributed by atoms with van der Waals surface area (Å²) in [5.74, 6) is -0.500. The molecule has 0 radical (unpaired) electrons. The lowest BCUT2D eigenvalue weighted by Gasteiger charge is -2.23. The van der Waals surface area contributed by atoms with Crippen LogP contribution >= 0.6 is 0 Å². The molecule has 1 atom stereocenters. The van der Waals surface area contributed by atoms with Crippen molar-refractivity contribution in [1.82, 2.24) is 9.88 Å². The van der Waals surface area contributed by atoms with Crippen LogP contribution in [-0.2, 0) is 16.0 Å². The number of hydrogen-bond acceptors (Lipinski definition) is 4. The summed E-state index contributed by atoms with van der Waals surface area (Å²) >= 11 is 0. The lowest BCUT2D eigenvalue weighted by molar-refractivity contribution is -0.148. The molecule has 23 heavy (non-hydrogen) atoms. The second-order valence-electron chi connectivity index (χ2n) is 5.35. The van der Waals surface area contributed by atoms with Crippen molar-refractivity contribution >= 4 is 11.9 Å². The van der Waals surface area contributed by atoms with Gasteiger partial charge in [-0.1, -0.05) is 24.3 Å². The molecule has 5 heteroatoms. The van der Waals surface area contributed by atoms with Crippen LogP contribution < -0.4 is 0 Å². The highest BCUT2D eigenvalue weighted by Gasteiger charge is 2.41. The fourth-order valence-electron chi connectivity index (χ4n) is 2.87. The number of carbonyl (C=O) groups excluding carboxylic acids is 2. The average molecular weight is 310 g/mol. The Kier molecular flexibility index (Phi) is 4.37. The molecule has 2 aromatic rings. The Hall–Kier alpha value is -2.69. The van der Waals surface area contributed by atoms with Crippen LogP contribution in [0.5, 0.6) is 0 Å². The van der Waals surface area contributed by atoms with Gasteiger partial charge in [0, 0.05) is 24.5 Å². The summed E-state index contributed by atoms with van der Waals surface area (Å²) in [4.78, 5) is 30.7. The Morgan fingerprint density at radius 1 is 1.26 bits per heavy atom. The van der Waals surface area contributed by atoms with E-state index in [0.717, 1.165) is 11.1 Å².